The minimum absolute atomic E-state index is 0.0275. The van der Waals surface area contributed by atoms with Crippen molar-refractivity contribution in [3.8, 4) is 0 Å². The number of hydrogen-bond acceptors (Lipinski definition) is 4. The predicted molar refractivity (Wildman–Crippen MR) is 92.1 cm³/mol. The lowest BCUT2D eigenvalue weighted by Crippen LogP contribution is -2.20. The number of amides is 1. The van der Waals surface area contributed by atoms with E-state index in [9.17, 15) is 18.4 Å². The third-order valence-electron chi connectivity index (χ3n) is 3.25. The van der Waals surface area contributed by atoms with E-state index in [0.29, 0.717) is 10.1 Å². The first kappa shape index (κ1) is 17.3. The fourth-order valence-corrected chi connectivity index (χ4v) is 3.29. The highest BCUT2D eigenvalue weighted by Gasteiger charge is 2.15. The zero-order valence-corrected chi connectivity index (χ0v) is 14.1. The molecule has 0 atom stereocenters. The second kappa shape index (κ2) is 7.16. The molecule has 0 aliphatic rings. The molecule has 1 aromatic heterocycles. The van der Waals surface area contributed by atoms with E-state index in [0.717, 1.165) is 23.5 Å². The van der Waals surface area contributed by atoms with Gasteiger partial charge in [0.25, 0.3) is 5.91 Å². The second-order valence-electron chi connectivity index (χ2n) is 5.01. The molecular formula is C17H10ClF2NO3S. The van der Waals surface area contributed by atoms with Crippen LogP contribution in [0.2, 0.25) is 5.02 Å². The summed E-state index contributed by atoms with van der Waals surface area (Å²) < 4.78 is 32.1. The first-order chi connectivity index (χ1) is 11.9. The number of anilines is 1. The van der Waals surface area contributed by atoms with E-state index < -0.39 is 30.1 Å². The Hall–Kier alpha value is -2.51. The second-order valence-corrected chi connectivity index (χ2v) is 6.50. The molecule has 0 fully saturated rings. The van der Waals surface area contributed by atoms with Gasteiger partial charge in [-0.3, -0.25) is 4.79 Å². The number of carbonyl (C=O) groups excluding carboxylic acids is 2. The minimum Gasteiger partial charge on any atom is -0.451 e. The number of benzene rings is 2. The van der Waals surface area contributed by atoms with Crippen LogP contribution in [0.1, 0.15) is 9.67 Å². The maximum atomic E-state index is 13.6. The van der Waals surface area contributed by atoms with Gasteiger partial charge in [-0.1, -0.05) is 17.7 Å². The van der Waals surface area contributed by atoms with E-state index in [2.05, 4.69) is 5.32 Å². The predicted octanol–water partition coefficient (Wildman–Crippen LogP) is 4.63. The molecule has 0 spiro atoms. The molecule has 25 heavy (non-hydrogen) atoms. The number of nitrogens with one attached hydrogen (secondary N) is 1. The number of esters is 1. The number of fused-ring (bicyclic) bond motifs is 1. The summed E-state index contributed by atoms with van der Waals surface area (Å²) in [6.45, 7) is -0.552. The van der Waals surface area contributed by atoms with Crippen molar-refractivity contribution < 1.29 is 23.1 Å². The number of hydrogen-bond donors (Lipinski definition) is 1. The van der Waals surface area contributed by atoms with Gasteiger partial charge in [-0.2, -0.15) is 0 Å². The highest BCUT2D eigenvalue weighted by molar-refractivity contribution is 7.20. The third kappa shape index (κ3) is 3.94. The average molecular weight is 382 g/mol. The van der Waals surface area contributed by atoms with Crippen molar-refractivity contribution in [3.05, 3.63) is 64.0 Å². The van der Waals surface area contributed by atoms with Crippen molar-refractivity contribution in [2.75, 3.05) is 11.9 Å². The molecule has 0 aliphatic heterocycles. The highest BCUT2D eigenvalue weighted by Crippen LogP contribution is 2.28. The lowest BCUT2D eigenvalue weighted by Gasteiger charge is -2.07. The van der Waals surface area contributed by atoms with Crippen LogP contribution in [0.4, 0.5) is 14.5 Å². The van der Waals surface area contributed by atoms with Gasteiger partial charge in [-0.05, 0) is 36.4 Å². The molecule has 2 aromatic carbocycles. The molecule has 0 radical (unpaired) electrons. The maximum absolute atomic E-state index is 13.6. The van der Waals surface area contributed by atoms with E-state index in [-0.39, 0.29) is 15.6 Å². The van der Waals surface area contributed by atoms with Gasteiger partial charge in [-0.25, -0.2) is 13.6 Å². The molecule has 0 bridgehead atoms. The van der Waals surface area contributed by atoms with Gasteiger partial charge in [0.15, 0.2) is 6.61 Å². The van der Waals surface area contributed by atoms with Crippen LogP contribution >= 0.6 is 22.9 Å². The summed E-state index contributed by atoms with van der Waals surface area (Å²) in [5.41, 5.74) is 0.202. The van der Waals surface area contributed by atoms with Crippen molar-refractivity contribution in [3.63, 3.8) is 0 Å². The van der Waals surface area contributed by atoms with Crippen LogP contribution in [0.25, 0.3) is 10.1 Å². The largest absolute Gasteiger partial charge is 0.451 e. The first-order valence-electron chi connectivity index (χ1n) is 7.04. The van der Waals surface area contributed by atoms with E-state index in [1.54, 1.807) is 12.1 Å². The monoisotopic (exact) mass is 381 g/mol. The van der Waals surface area contributed by atoms with Crippen LogP contribution in [0.3, 0.4) is 0 Å². The molecule has 0 saturated heterocycles. The molecule has 1 N–H and O–H groups in total. The number of rotatable bonds is 4. The van der Waals surface area contributed by atoms with Crippen molar-refractivity contribution in [1.82, 2.24) is 0 Å². The van der Waals surface area contributed by atoms with E-state index in [4.69, 9.17) is 16.3 Å². The molecule has 1 amide bonds. The number of ether oxygens (including phenoxy) is 1. The smallest absolute Gasteiger partial charge is 0.348 e. The third-order valence-corrected chi connectivity index (χ3v) is 4.64. The molecule has 128 valence electrons. The lowest BCUT2D eigenvalue weighted by molar-refractivity contribution is -0.119. The normalized spacial score (nSPS) is 10.7. The topological polar surface area (TPSA) is 55.4 Å². The molecule has 1 heterocycles. The number of halogens is 3. The zero-order chi connectivity index (χ0) is 18.0. The summed E-state index contributed by atoms with van der Waals surface area (Å²) in [5.74, 6) is -2.34. The Morgan fingerprint density at radius 1 is 1.16 bits per heavy atom. The lowest BCUT2D eigenvalue weighted by atomic mass is 10.2. The molecule has 0 saturated carbocycles. The zero-order valence-electron chi connectivity index (χ0n) is 12.5. The van der Waals surface area contributed by atoms with Gasteiger partial charge in [0.05, 0.1) is 10.7 Å². The van der Waals surface area contributed by atoms with Crippen LogP contribution in [-0.4, -0.2) is 18.5 Å². The Bertz CT molecular complexity index is 974. The van der Waals surface area contributed by atoms with Crippen LogP contribution in [0.15, 0.2) is 42.5 Å². The summed E-state index contributed by atoms with van der Waals surface area (Å²) in [5, 5.41) is 2.76. The maximum Gasteiger partial charge on any atom is 0.348 e. The Labute approximate surface area is 150 Å². The van der Waals surface area contributed by atoms with Crippen LogP contribution < -0.4 is 5.32 Å². The molecular weight excluding hydrogens is 372 g/mol. The number of thiophene rings is 1. The molecule has 0 aliphatic carbocycles. The molecule has 4 nitrogen and oxygen atoms in total. The number of carbonyl (C=O) groups is 2. The average Bonchev–Trinajstić information content (AvgIpc) is 3.01. The molecule has 3 aromatic rings. The fourth-order valence-electron chi connectivity index (χ4n) is 2.11. The van der Waals surface area contributed by atoms with Crippen molar-refractivity contribution in [2.24, 2.45) is 0 Å². The van der Waals surface area contributed by atoms with E-state index >= 15 is 0 Å². The summed E-state index contributed by atoms with van der Waals surface area (Å²) in [7, 11) is 0. The Balaban J connectivity index is 1.63. The quantitative estimate of drug-likeness (QED) is 0.670. The van der Waals surface area contributed by atoms with Crippen molar-refractivity contribution >= 4 is 50.6 Å². The van der Waals surface area contributed by atoms with Gasteiger partial charge < -0.3 is 10.1 Å². The van der Waals surface area contributed by atoms with Crippen molar-refractivity contribution in [2.45, 2.75) is 0 Å². The Morgan fingerprint density at radius 2 is 1.96 bits per heavy atom. The Kier molecular flexibility index (Phi) is 4.96. The van der Waals surface area contributed by atoms with Crippen LogP contribution in [-0.2, 0) is 9.53 Å². The summed E-state index contributed by atoms with van der Waals surface area (Å²) in [6, 6.07) is 9.39. The van der Waals surface area contributed by atoms with Gasteiger partial charge in [-0.15, -0.1) is 11.3 Å². The summed E-state index contributed by atoms with van der Waals surface area (Å²) in [4.78, 5) is 24.0. The summed E-state index contributed by atoms with van der Waals surface area (Å²) >= 11 is 6.87. The van der Waals surface area contributed by atoms with Crippen LogP contribution in [0.5, 0.6) is 0 Å². The summed E-state index contributed by atoms with van der Waals surface area (Å²) in [6.07, 6.45) is 0. The molecule has 3 rings (SSSR count). The van der Waals surface area contributed by atoms with Gasteiger partial charge in [0.1, 0.15) is 16.5 Å². The van der Waals surface area contributed by atoms with Crippen molar-refractivity contribution in [1.29, 1.82) is 0 Å². The molecule has 8 heteroatoms. The van der Waals surface area contributed by atoms with E-state index in [1.165, 1.54) is 18.2 Å². The van der Waals surface area contributed by atoms with Gasteiger partial charge >= 0.3 is 5.97 Å². The Morgan fingerprint density at radius 3 is 2.68 bits per heavy atom. The fraction of sp³-hybridized carbons (Fsp3) is 0.0588. The van der Waals surface area contributed by atoms with Gasteiger partial charge in [0, 0.05) is 10.1 Å². The molecule has 0 unspecified atom stereocenters. The van der Waals surface area contributed by atoms with Gasteiger partial charge in [0.2, 0.25) is 0 Å². The van der Waals surface area contributed by atoms with E-state index in [1.807, 2.05) is 0 Å². The van der Waals surface area contributed by atoms with Crippen LogP contribution in [0, 0.1) is 11.6 Å². The SMILES string of the molecule is O=C(COC(=O)c1cc2c(F)cccc2s1)Nc1ccc(F)cc1Cl. The minimum atomic E-state index is -0.735. The first-order valence-corrected chi connectivity index (χ1v) is 8.23. The standard InChI is InChI=1S/C17H10ClF2NO3S/c18-11-6-9(19)4-5-13(11)21-16(22)8-24-17(23)15-7-10-12(20)2-1-3-14(10)25-15/h1-7H,8H2,(H,21,22). The highest BCUT2D eigenvalue weighted by atomic mass is 35.5.